The number of aromatic nitrogens is 1. The average molecular weight is 412 g/mol. The highest BCUT2D eigenvalue weighted by Gasteiger charge is 2.49. The van der Waals surface area contributed by atoms with Crippen LogP contribution in [0.15, 0.2) is 60.7 Å². The highest BCUT2D eigenvalue weighted by Crippen LogP contribution is 2.31. The van der Waals surface area contributed by atoms with E-state index in [-0.39, 0.29) is 17.9 Å². The summed E-state index contributed by atoms with van der Waals surface area (Å²) in [7, 11) is 0. The molecule has 0 spiro atoms. The van der Waals surface area contributed by atoms with Crippen molar-refractivity contribution < 1.29 is 9.59 Å². The zero-order chi connectivity index (χ0) is 20.9. The summed E-state index contributed by atoms with van der Waals surface area (Å²) in [6, 6.07) is 19.6. The number of benzene rings is 2. The van der Waals surface area contributed by atoms with Crippen LogP contribution in [0, 0.1) is 0 Å². The Morgan fingerprint density at radius 2 is 1.58 bits per heavy atom. The fraction of sp³-hybridized carbons (Fsp3) is 0.320. The second-order valence-electron chi connectivity index (χ2n) is 8.73. The molecule has 0 radical (unpaired) electrons. The Hall–Kier alpha value is -3.25. The Labute approximate surface area is 181 Å². The summed E-state index contributed by atoms with van der Waals surface area (Å²) in [6.07, 6.45) is 0.620. The summed E-state index contributed by atoms with van der Waals surface area (Å²) >= 11 is 0. The summed E-state index contributed by atoms with van der Waals surface area (Å²) in [5, 5.41) is 1.13. The minimum atomic E-state index is -0.400. The quantitative estimate of drug-likeness (QED) is 0.648. The van der Waals surface area contributed by atoms with Gasteiger partial charge in [0.1, 0.15) is 12.1 Å². The van der Waals surface area contributed by atoms with E-state index in [0.29, 0.717) is 32.6 Å². The molecular formula is C25H24N4O2. The molecule has 6 heteroatoms. The van der Waals surface area contributed by atoms with Crippen molar-refractivity contribution in [2.45, 2.75) is 31.6 Å². The van der Waals surface area contributed by atoms with Gasteiger partial charge in [-0.25, -0.2) is 0 Å². The van der Waals surface area contributed by atoms with Gasteiger partial charge in [0.2, 0.25) is 11.8 Å². The zero-order valence-corrected chi connectivity index (χ0v) is 17.3. The van der Waals surface area contributed by atoms with Crippen LogP contribution in [0.4, 0.5) is 0 Å². The van der Waals surface area contributed by atoms with Crippen LogP contribution in [-0.2, 0) is 29.1 Å². The second-order valence-corrected chi connectivity index (χ2v) is 8.73. The lowest BCUT2D eigenvalue weighted by atomic mass is 9.89. The molecule has 6 rings (SSSR count). The summed E-state index contributed by atoms with van der Waals surface area (Å²) in [5.74, 6) is 0.179. The van der Waals surface area contributed by atoms with Crippen LogP contribution in [-0.4, -0.2) is 63.2 Å². The number of hydrogen-bond acceptors (Lipinski definition) is 4. The fourth-order valence-electron chi connectivity index (χ4n) is 5.24. The maximum absolute atomic E-state index is 13.4. The van der Waals surface area contributed by atoms with Crippen molar-refractivity contribution in [3.05, 3.63) is 77.5 Å². The van der Waals surface area contributed by atoms with Gasteiger partial charge in [0, 0.05) is 44.5 Å². The van der Waals surface area contributed by atoms with E-state index in [2.05, 4.69) is 35.2 Å². The first-order valence-corrected chi connectivity index (χ1v) is 10.9. The molecule has 6 nitrogen and oxygen atoms in total. The van der Waals surface area contributed by atoms with Gasteiger partial charge in [0.05, 0.1) is 11.2 Å². The van der Waals surface area contributed by atoms with E-state index < -0.39 is 6.04 Å². The average Bonchev–Trinajstić information content (AvgIpc) is 2.81. The van der Waals surface area contributed by atoms with Crippen molar-refractivity contribution in [3.8, 4) is 0 Å². The van der Waals surface area contributed by atoms with Crippen LogP contribution >= 0.6 is 0 Å². The Kier molecular flexibility index (Phi) is 4.28. The molecule has 0 bridgehead atoms. The molecule has 2 unspecified atom stereocenters. The molecule has 156 valence electrons. The number of carbonyl (C=O) groups is 2. The molecule has 31 heavy (non-hydrogen) atoms. The molecular weight excluding hydrogens is 388 g/mol. The van der Waals surface area contributed by atoms with Crippen molar-refractivity contribution in [2.24, 2.45) is 0 Å². The molecule has 0 N–H and O–H groups in total. The smallest absolute Gasteiger partial charge is 0.247 e. The van der Waals surface area contributed by atoms with Gasteiger partial charge in [-0.15, -0.1) is 0 Å². The van der Waals surface area contributed by atoms with E-state index >= 15 is 0 Å². The number of pyridine rings is 1. The summed E-state index contributed by atoms with van der Waals surface area (Å²) in [6.45, 7) is 3.12. The Morgan fingerprint density at radius 1 is 0.806 bits per heavy atom. The predicted molar refractivity (Wildman–Crippen MR) is 117 cm³/mol. The van der Waals surface area contributed by atoms with Gasteiger partial charge < -0.3 is 9.80 Å². The van der Waals surface area contributed by atoms with E-state index in [1.807, 2.05) is 40.1 Å². The number of nitrogens with zero attached hydrogens (tertiary/aromatic N) is 4. The molecule has 4 heterocycles. The second kappa shape index (κ2) is 7.17. The number of piperazine rings is 2. The Bertz CT molecular complexity index is 1190. The van der Waals surface area contributed by atoms with E-state index in [9.17, 15) is 9.59 Å². The molecule has 2 aromatic carbocycles. The number of fused-ring (bicyclic) bond motifs is 4. The van der Waals surface area contributed by atoms with Crippen molar-refractivity contribution in [2.75, 3.05) is 19.6 Å². The maximum atomic E-state index is 13.4. The third kappa shape index (κ3) is 3.10. The molecule has 2 saturated heterocycles. The summed E-state index contributed by atoms with van der Waals surface area (Å²) < 4.78 is 0. The third-order valence-electron chi connectivity index (χ3n) is 6.89. The van der Waals surface area contributed by atoms with Gasteiger partial charge in [0.15, 0.2) is 0 Å². The SMILES string of the molecule is O=C1C2Cc3ccccc3CN2C(=O)C2CN(Cc3ccc4ccccc4n3)CCN12. The van der Waals surface area contributed by atoms with Crippen LogP contribution in [0.1, 0.15) is 16.8 Å². The molecule has 0 saturated carbocycles. The van der Waals surface area contributed by atoms with Gasteiger partial charge in [-0.05, 0) is 23.3 Å². The fourth-order valence-corrected chi connectivity index (χ4v) is 5.24. The van der Waals surface area contributed by atoms with Crippen LogP contribution in [0.3, 0.4) is 0 Å². The largest absolute Gasteiger partial charge is 0.326 e. The van der Waals surface area contributed by atoms with Crippen molar-refractivity contribution >= 4 is 22.7 Å². The lowest BCUT2D eigenvalue weighted by molar-refractivity contribution is -0.167. The van der Waals surface area contributed by atoms with Gasteiger partial charge in [0.25, 0.3) is 0 Å². The maximum Gasteiger partial charge on any atom is 0.247 e. The van der Waals surface area contributed by atoms with Gasteiger partial charge in [-0.1, -0.05) is 48.5 Å². The first kappa shape index (κ1) is 18.5. The van der Waals surface area contributed by atoms with E-state index in [1.54, 1.807) is 0 Å². The number of amides is 2. The van der Waals surface area contributed by atoms with Crippen LogP contribution in [0.5, 0.6) is 0 Å². The topological polar surface area (TPSA) is 56.8 Å². The highest BCUT2D eigenvalue weighted by molar-refractivity contribution is 5.98. The minimum absolute atomic E-state index is 0.0790. The molecule has 3 aromatic rings. The van der Waals surface area contributed by atoms with Crippen molar-refractivity contribution in [3.63, 3.8) is 0 Å². The van der Waals surface area contributed by atoms with Gasteiger partial charge in [-0.2, -0.15) is 0 Å². The van der Waals surface area contributed by atoms with Crippen molar-refractivity contribution in [1.29, 1.82) is 0 Å². The first-order valence-electron chi connectivity index (χ1n) is 10.9. The van der Waals surface area contributed by atoms with Gasteiger partial charge in [-0.3, -0.25) is 19.5 Å². The Balaban J connectivity index is 1.22. The number of rotatable bonds is 2. The zero-order valence-electron chi connectivity index (χ0n) is 17.3. The normalized spacial score (nSPS) is 23.5. The van der Waals surface area contributed by atoms with E-state index in [4.69, 9.17) is 4.98 Å². The monoisotopic (exact) mass is 412 g/mol. The summed E-state index contributed by atoms with van der Waals surface area (Å²) in [4.78, 5) is 37.3. The van der Waals surface area contributed by atoms with Crippen LogP contribution in [0.25, 0.3) is 10.9 Å². The predicted octanol–water partition coefficient (Wildman–Crippen LogP) is 2.21. The molecule has 1 aromatic heterocycles. The molecule has 0 aliphatic carbocycles. The molecule has 2 amide bonds. The molecule has 2 fully saturated rings. The standard InChI is InChI=1S/C25H24N4O2/c30-24-22-13-18-6-1-2-7-19(18)14-29(22)25(31)23-16-27(11-12-28(23)24)15-20-10-9-17-5-3-4-8-21(17)26-20/h1-10,22-23H,11-16H2. The molecule has 2 atom stereocenters. The highest BCUT2D eigenvalue weighted by atomic mass is 16.2. The molecule has 3 aliphatic rings. The van der Waals surface area contributed by atoms with E-state index in [1.165, 1.54) is 5.56 Å². The molecule has 3 aliphatic heterocycles. The lowest BCUT2D eigenvalue weighted by Crippen LogP contribution is -2.70. The first-order chi connectivity index (χ1) is 15.2. The number of carbonyl (C=O) groups excluding carboxylic acids is 2. The number of hydrogen-bond donors (Lipinski definition) is 0. The summed E-state index contributed by atoms with van der Waals surface area (Å²) in [5.41, 5.74) is 4.31. The Morgan fingerprint density at radius 3 is 2.48 bits per heavy atom. The lowest BCUT2D eigenvalue weighted by Gasteiger charge is -2.50. The third-order valence-corrected chi connectivity index (χ3v) is 6.89. The van der Waals surface area contributed by atoms with Crippen molar-refractivity contribution in [1.82, 2.24) is 19.7 Å². The number of para-hydroxylation sites is 1. The van der Waals surface area contributed by atoms with Crippen LogP contribution < -0.4 is 0 Å². The van der Waals surface area contributed by atoms with Gasteiger partial charge >= 0.3 is 0 Å². The van der Waals surface area contributed by atoms with Crippen LogP contribution in [0.2, 0.25) is 0 Å². The van der Waals surface area contributed by atoms with E-state index in [0.717, 1.165) is 28.7 Å². The minimum Gasteiger partial charge on any atom is -0.326 e.